The third kappa shape index (κ3) is 2.32. The van der Waals surface area contributed by atoms with Crippen LogP contribution in [0.2, 0.25) is 0 Å². The minimum absolute atomic E-state index is 0.327. The molecular weight excluding hydrogens is 236 g/mol. The van der Waals surface area contributed by atoms with Crippen LogP contribution in [0.15, 0.2) is 29.0 Å². The molecular formula is C12H12N2O4. The minimum Gasteiger partial charge on any atom is -0.480 e. The number of nitrogens with zero attached hydrogens (tertiary/aromatic N) is 1. The van der Waals surface area contributed by atoms with Crippen LogP contribution >= 0.6 is 0 Å². The van der Waals surface area contributed by atoms with Crippen molar-refractivity contribution >= 4 is 23.0 Å². The lowest BCUT2D eigenvalue weighted by Gasteiger charge is -2.11. The molecule has 1 unspecified atom stereocenters. The fourth-order valence-electron chi connectivity index (χ4n) is 1.58. The Balaban J connectivity index is 2.19. The van der Waals surface area contributed by atoms with Gasteiger partial charge in [-0.25, -0.2) is 9.78 Å². The number of aromatic nitrogens is 1. The van der Waals surface area contributed by atoms with E-state index in [2.05, 4.69) is 10.3 Å². The summed E-state index contributed by atoms with van der Waals surface area (Å²) in [5.41, 5.74) is 1.50. The smallest absolute Gasteiger partial charge is 0.326 e. The van der Waals surface area contributed by atoms with E-state index >= 15 is 0 Å². The van der Waals surface area contributed by atoms with Crippen LogP contribution < -0.4 is 5.32 Å². The zero-order valence-corrected chi connectivity index (χ0v) is 9.71. The molecule has 0 aliphatic heterocycles. The molecule has 1 heterocycles. The van der Waals surface area contributed by atoms with Gasteiger partial charge < -0.3 is 14.8 Å². The van der Waals surface area contributed by atoms with E-state index in [4.69, 9.17) is 9.52 Å². The second-order valence-corrected chi connectivity index (χ2v) is 3.81. The molecule has 0 aliphatic carbocycles. The highest BCUT2D eigenvalue weighted by Gasteiger charge is 2.18. The number of rotatable bonds is 4. The minimum atomic E-state index is -1.05. The van der Waals surface area contributed by atoms with Crippen LogP contribution in [0.5, 0.6) is 0 Å². The summed E-state index contributed by atoms with van der Waals surface area (Å²) in [6.45, 7) is 1.69. The quantitative estimate of drug-likeness (QED) is 0.853. The largest absolute Gasteiger partial charge is 0.480 e. The molecule has 0 fully saturated rings. The van der Waals surface area contributed by atoms with Crippen LogP contribution in [0, 0.1) is 0 Å². The molecule has 1 amide bonds. The number of hydrogen-bond donors (Lipinski definition) is 2. The van der Waals surface area contributed by atoms with Gasteiger partial charge in [-0.15, -0.1) is 0 Å². The third-order valence-electron chi connectivity index (χ3n) is 2.60. The summed E-state index contributed by atoms with van der Waals surface area (Å²) in [5.74, 6) is -1.48. The fourth-order valence-corrected chi connectivity index (χ4v) is 1.58. The molecule has 0 aliphatic rings. The number of benzene rings is 1. The number of aliphatic carboxylic acids is 1. The molecule has 6 nitrogen and oxygen atoms in total. The molecule has 6 heteroatoms. The zero-order valence-electron chi connectivity index (χ0n) is 9.71. The predicted octanol–water partition coefficient (Wildman–Crippen LogP) is 1.42. The lowest BCUT2D eigenvalue weighted by atomic mass is 10.1. The maximum absolute atomic E-state index is 11.9. The van der Waals surface area contributed by atoms with Gasteiger partial charge in [0.05, 0.1) is 0 Å². The summed E-state index contributed by atoms with van der Waals surface area (Å²) in [6, 6.07) is 3.87. The fraction of sp³-hybridized carbons (Fsp3) is 0.250. The number of carbonyl (C=O) groups is 2. The Hall–Kier alpha value is -2.37. The van der Waals surface area contributed by atoms with Gasteiger partial charge in [0.2, 0.25) is 0 Å². The maximum Gasteiger partial charge on any atom is 0.326 e. The predicted molar refractivity (Wildman–Crippen MR) is 63.2 cm³/mol. The van der Waals surface area contributed by atoms with Gasteiger partial charge in [-0.05, 0) is 24.6 Å². The van der Waals surface area contributed by atoms with Gasteiger partial charge in [-0.1, -0.05) is 6.92 Å². The second-order valence-electron chi connectivity index (χ2n) is 3.81. The topological polar surface area (TPSA) is 92.4 Å². The van der Waals surface area contributed by atoms with E-state index in [1.54, 1.807) is 25.1 Å². The Morgan fingerprint density at radius 2 is 2.28 bits per heavy atom. The van der Waals surface area contributed by atoms with E-state index in [0.717, 1.165) is 0 Å². The van der Waals surface area contributed by atoms with Crippen molar-refractivity contribution in [2.24, 2.45) is 0 Å². The molecule has 0 saturated heterocycles. The Morgan fingerprint density at radius 1 is 1.50 bits per heavy atom. The third-order valence-corrected chi connectivity index (χ3v) is 2.60. The van der Waals surface area contributed by atoms with Crippen LogP contribution in [0.3, 0.4) is 0 Å². The highest BCUT2D eigenvalue weighted by molar-refractivity contribution is 5.98. The van der Waals surface area contributed by atoms with Crippen molar-refractivity contribution in [2.75, 3.05) is 0 Å². The Morgan fingerprint density at radius 3 is 2.94 bits per heavy atom. The van der Waals surface area contributed by atoms with Crippen LogP contribution in [0.1, 0.15) is 23.7 Å². The summed E-state index contributed by atoms with van der Waals surface area (Å²) >= 11 is 0. The summed E-state index contributed by atoms with van der Waals surface area (Å²) < 4.78 is 5.06. The highest BCUT2D eigenvalue weighted by Crippen LogP contribution is 2.14. The van der Waals surface area contributed by atoms with Crippen molar-refractivity contribution in [3.63, 3.8) is 0 Å². The first-order valence-corrected chi connectivity index (χ1v) is 5.48. The molecule has 1 aromatic heterocycles. The Labute approximate surface area is 103 Å². The molecule has 0 spiro atoms. The first-order valence-electron chi connectivity index (χ1n) is 5.48. The van der Waals surface area contributed by atoms with Crippen molar-refractivity contribution in [3.05, 3.63) is 30.2 Å². The van der Waals surface area contributed by atoms with Crippen molar-refractivity contribution in [1.29, 1.82) is 0 Å². The van der Waals surface area contributed by atoms with Gasteiger partial charge in [0.25, 0.3) is 5.91 Å². The van der Waals surface area contributed by atoms with Gasteiger partial charge in [0.15, 0.2) is 12.0 Å². The second kappa shape index (κ2) is 4.87. The van der Waals surface area contributed by atoms with Gasteiger partial charge in [-0.3, -0.25) is 4.79 Å². The molecule has 1 aromatic carbocycles. The molecule has 0 bridgehead atoms. The zero-order chi connectivity index (χ0) is 13.1. The SMILES string of the molecule is CCC(NC(=O)c1ccc2ocnc2c1)C(=O)O. The molecule has 2 N–H and O–H groups in total. The van der Waals surface area contributed by atoms with Gasteiger partial charge in [0, 0.05) is 5.56 Å². The van der Waals surface area contributed by atoms with Gasteiger partial charge in [0.1, 0.15) is 11.6 Å². The Bertz CT molecular complexity index is 591. The summed E-state index contributed by atoms with van der Waals surface area (Å²) in [5, 5.41) is 11.3. The molecule has 94 valence electrons. The first-order chi connectivity index (χ1) is 8.61. The summed E-state index contributed by atoms with van der Waals surface area (Å²) in [6.07, 6.45) is 1.62. The summed E-state index contributed by atoms with van der Waals surface area (Å²) in [7, 11) is 0. The lowest BCUT2D eigenvalue weighted by molar-refractivity contribution is -0.139. The number of carboxylic acids is 1. The standard InChI is InChI=1S/C12H12N2O4/c1-2-8(12(16)17)14-11(15)7-3-4-10-9(5-7)13-6-18-10/h3-6,8H,2H2,1H3,(H,14,15)(H,16,17). The number of carbonyl (C=O) groups excluding carboxylic acids is 1. The van der Waals surface area contributed by atoms with Crippen LogP contribution in [0.4, 0.5) is 0 Å². The van der Waals surface area contributed by atoms with E-state index in [9.17, 15) is 9.59 Å². The van der Waals surface area contributed by atoms with E-state index in [1.807, 2.05) is 0 Å². The monoisotopic (exact) mass is 248 g/mol. The lowest BCUT2D eigenvalue weighted by Crippen LogP contribution is -2.40. The average Bonchev–Trinajstić information content (AvgIpc) is 2.82. The van der Waals surface area contributed by atoms with E-state index in [0.29, 0.717) is 23.1 Å². The molecule has 2 rings (SSSR count). The van der Waals surface area contributed by atoms with Crippen LogP contribution in [-0.2, 0) is 4.79 Å². The van der Waals surface area contributed by atoms with Gasteiger partial charge in [-0.2, -0.15) is 0 Å². The maximum atomic E-state index is 11.9. The van der Waals surface area contributed by atoms with Crippen molar-refractivity contribution in [1.82, 2.24) is 10.3 Å². The van der Waals surface area contributed by atoms with E-state index < -0.39 is 17.9 Å². The molecule has 0 radical (unpaired) electrons. The normalized spacial score (nSPS) is 12.3. The number of carboxylic acid groups (broad SMARTS) is 1. The van der Waals surface area contributed by atoms with E-state index in [-0.39, 0.29) is 0 Å². The Kier molecular flexibility index (Phi) is 3.27. The number of hydrogen-bond acceptors (Lipinski definition) is 4. The number of fused-ring (bicyclic) bond motifs is 1. The van der Waals surface area contributed by atoms with Gasteiger partial charge >= 0.3 is 5.97 Å². The number of oxazole rings is 1. The first kappa shape index (κ1) is 12.1. The van der Waals surface area contributed by atoms with Crippen molar-refractivity contribution in [2.45, 2.75) is 19.4 Å². The highest BCUT2D eigenvalue weighted by atomic mass is 16.4. The van der Waals surface area contributed by atoms with Crippen molar-refractivity contribution in [3.8, 4) is 0 Å². The molecule has 2 aromatic rings. The molecule has 1 atom stereocenters. The number of amides is 1. The van der Waals surface area contributed by atoms with Crippen LogP contribution in [-0.4, -0.2) is 28.0 Å². The van der Waals surface area contributed by atoms with Crippen LogP contribution in [0.25, 0.3) is 11.1 Å². The summed E-state index contributed by atoms with van der Waals surface area (Å²) in [4.78, 5) is 26.6. The molecule has 18 heavy (non-hydrogen) atoms. The number of nitrogens with one attached hydrogen (secondary N) is 1. The van der Waals surface area contributed by atoms with Crippen molar-refractivity contribution < 1.29 is 19.1 Å². The molecule has 0 saturated carbocycles. The average molecular weight is 248 g/mol. The van der Waals surface area contributed by atoms with E-state index in [1.165, 1.54) is 6.39 Å².